The SMILES string of the molecule is CC(C)n1cnnc1C1CCCN(c2ccc(S(=O)(=O)N3CCCCC3)cn2)C1. The average Bonchev–Trinajstić information content (AvgIpc) is 3.25. The van der Waals surface area contributed by atoms with E-state index < -0.39 is 10.0 Å². The molecule has 0 saturated carbocycles. The van der Waals surface area contributed by atoms with Crippen molar-refractivity contribution in [3.8, 4) is 0 Å². The molecule has 9 heteroatoms. The van der Waals surface area contributed by atoms with Crippen molar-refractivity contribution >= 4 is 15.8 Å². The Morgan fingerprint density at radius 2 is 1.86 bits per heavy atom. The van der Waals surface area contributed by atoms with Crippen molar-refractivity contribution in [3.05, 3.63) is 30.5 Å². The number of pyridine rings is 1. The Hall–Kier alpha value is -2.00. The molecule has 4 rings (SSSR count). The van der Waals surface area contributed by atoms with Gasteiger partial charge in [0.05, 0.1) is 0 Å². The molecule has 1 atom stereocenters. The van der Waals surface area contributed by atoms with Crippen LogP contribution in [-0.2, 0) is 10.0 Å². The van der Waals surface area contributed by atoms with E-state index in [9.17, 15) is 8.42 Å². The molecule has 0 radical (unpaired) electrons. The summed E-state index contributed by atoms with van der Waals surface area (Å²) in [5.74, 6) is 2.14. The number of rotatable bonds is 5. The van der Waals surface area contributed by atoms with E-state index in [2.05, 4.69) is 38.5 Å². The van der Waals surface area contributed by atoms with Gasteiger partial charge in [0.25, 0.3) is 0 Å². The number of piperidine rings is 2. The van der Waals surface area contributed by atoms with E-state index in [0.717, 1.165) is 56.8 Å². The molecule has 2 aromatic rings. The van der Waals surface area contributed by atoms with Crippen molar-refractivity contribution in [2.75, 3.05) is 31.1 Å². The quantitative estimate of drug-likeness (QED) is 0.742. The maximum Gasteiger partial charge on any atom is 0.244 e. The van der Waals surface area contributed by atoms with Crippen LogP contribution in [0.25, 0.3) is 0 Å². The monoisotopic (exact) mass is 418 g/mol. The standard InChI is InChI=1S/C20H30N6O2S/c1-16(2)26-15-22-23-20(26)17-7-6-10-24(14-17)19-9-8-18(13-21-19)29(27,28)25-11-4-3-5-12-25/h8-9,13,15-17H,3-7,10-12,14H2,1-2H3. The minimum atomic E-state index is -3.44. The van der Waals surface area contributed by atoms with Crippen molar-refractivity contribution in [2.45, 2.75) is 62.8 Å². The summed E-state index contributed by atoms with van der Waals surface area (Å²) < 4.78 is 29.4. The Morgan fingerprint density at radius 1 is 1.07 bits per heavy atom. The van der Waals surface area contributed by atoms with Crippen molar-refractivity contribution in [1.29, 1.82) is 0 Å². The zero-order valence-corrected chi connectivity index (χ0v) is 18.1. The number of hydrogen-bond acceptors (Lipinski definition) is 6. The molecule has 1 unspecified atom stereocenters. The third kappa shape index (κ3) is 4.16. The van der Waals surface area contributed by atoms with Gasteiger partial charge in [-0.2, -0.15) is 4.31 Å². The first kappa shape index (κ1) is 20.3. The predicted octanol–water partition coefficient (Wildman–Crippen LogP) is 2.81. The van der Waals surface area contributed by atoms with E-state index >= 15 is 0 Å². The van der Waals surface area contributed by atoms with Gasteiger partial charge in [-0.25, -0.2) is 13.4 Å². The van der Waals surface area contributed by atoms with E-state index in [1.165, 1.54) is 6.20 Å². The van der Waals surface area contributed by atoms with E-state index in [1.807, 2.05) is 6.07 Å². The number of sulfonamides is 1. The molecule has 2 aliphatic rings. The lowest BCUT2D eigenvalue weighted by atomic mass is 9.97. The fraction of sp³-hybridized carbons (Fsp3) is 0.650. The van der Waals surface area contributed by atoms with Crippen LogP contribution >= 0.6 is 0 Å². The summed E-state index contributed by atoms with van der Waals surface area (Å²) in [6.45, 7) is 7.21. The molecule has 158 valence electrons. The highest BCUT2D eigenvalue weighted by Gasteiger charge is 2.28. The van der Waals surface area contributed by atoms with Crippen LogP contribution in [0, 0.1) is 0 Å². The fourth-order valence-electron chi connectivity index (χ4n) is 4.30. The number of nitrogens with zero attached hydrogens (tertiary/aromatic N) is 6. The van der Waals surface area contributed by atoms with E-state index in [4.69, 9.17) is 0 Å². The van der Waals surface area contributed by atoms with Crippen LogP contribution in [-0.4, -0.2) is 58.7 Å². The molecule has 0 bridgehead atoms. The molecule has 2 aliphatic heterocycles. The Bertz CT molecular complexity index is 919. The molecule has 2 fully saturated rings. The van der Waals surface area contributed by atoms with Gasteiger partial charge in [-0.15, -0.1) is 10.2 Å². The third-order valence-electron chi connectivity index (χ3n) is 5.94. The highest BCUT2D eigenvalue weighted by atomic mass is 32.2. The van der Waals surface area contributed by atoms with Gasteiger partial charge in [0.15, 0.2) is 0 Å². The highest BCUT2D eigenvalue weighted by Crippen LogP contribution is 2.30. The van der Waals surface area contributed by atoms with Gasteiger partial charge >= 0.3 is 0 Å². The predicted molar refractivity (Wildman–Crippen MR) is 111 cm³/mol. The second kappa shape index (κ2) is 8.39. The Labute approximate surface area is 173 Å². The van der Waals surface area contributed by atoms with E-state index in [0.29, 0.717) is 25.0 Å². The molecule has 0 N–H and O–H groups in total. The summed E-state index contributed by atoms with van der Waals surface area (Å²) in [5, 5.41) is 8.48. The molecule has 0 aliphatic carbocycles. The largest absolute Gasteiger partial charge is 0.356 e. The number of hydrogen-bond donors (Lipinski definition) is 0. The van der Waals surface area contributed by atoms with Gasteiger partial charge < -0.3 is 9.47 Å². The zero-order chi connectivity index (χ0) is 20.4. The van der Waals surface area contributed by atoms with E-state index in [-0.39, 0.29) is 4.90 Å². The molecule has 8 nitrogen and oxygen atoms in total. The molecule has 0 amide bonds. The van der Waals surface area contributed by atoms with Crippen LogP contribution in [0.2, 0.25) is 0 Å². The molecular weight excluding hydrogens is 388 g/mol. The van der Waals surface area contributed by atoms with E-state index in [1.54, 1.807) is 16.7 Å². The minimum Gasteiger partial charge on any atom is -0.356 e. The van der Waals surface area contributed by atoms with Crippen molar-refractivity contribution in [2.24, 2.45) is 0 Å². The van der Waals surface area contributed by atoms with Crippen molar-refractivity contribution in [1.82, 2.24) is 24.1 Å². The fourth-order valence-corrected chi connectivity index (χ4v) is 5.77. The molecule has 0 spiro atoms. The normalized spacial score (nSPS) is 21.6. The van der Waals surface area contributed by atoms with Crippen LogP contribution in [0.4, 0.5) is 5.82 Å². The Morgan fingerprint density at radius 3 is 2.55 bits per heavy atom. The van der Waals surface area contributed by atoms with Crippen LogP contribution in [0.1, 0.15) is 63.7 Å². The van der Waals surface area contributed by atoms with Gasteiger partial charge in [-0.3, -0.25) is 0 Å². The molecular formula is C20H30N6O2S. The summed E-state index contributed by atoms with van der Waals surface area (Å²) in [6.07, 6.45) is 8.40. The van der Waals surface area contributed by atoms with Crippen LogP contribution in [0.5, 0.6) is 0 Å². The lowest BCUT2D eigenvalue weighted by Crippen LogP contribution is -2.37. The van der Waals surface area contributed by atoms with Gasteiger partial charge in [0.1, 0.15) is 22.9 Å². The third-order valence-corrected chi connectivity index (χ3v) is 7.82. The number of anilines is 1. The van der Waals surface area contributed by atoms with Gasteiger partial charge in [0.2, 0.25) is 10.0 Å². The summed E-state index contributed by atoms with van der Waals surface area (Å²) in [5.41, 5.74) is 0. The van der Waals surface area contributed by atoms with Gasteiger partial charge in [-0.05, 0) is 51.7 Å². The summed E-state index contributed by atoms with van der Waals surface area (Å²) >= 11 is 0. The highest BCUT2D eigenvalue weighted by molar-refractivity contribution is 7.89. The van der Waals surface area contributed by atoms with Crippen LogP contribution < -0.4 is 4.90 Å². The Kier molecular flexibility index (Phi) is 5.87. The maximum atomic E-state index is 12.8. The maximum absolute atomic E-state index is 12.8. The Balaban J connectivity index is 1.49. The molecule has 0 aromatic carbocycles. The van der Waals surface area contributed by atoms with Crippen LogP contribution in [0.15, 0.2) is 29.6 Å². The van der Waals surface area contributed by atoms with Crippen molar-refractivity contribution < 1.29 is 8.42 Å². The first-order valence-electron chi connectivity index (χ1n) is 10.6. The van der Waals surface area contributed by atoms with Gasteiger partial charge in [-0.1, -0.05) is 6.42 Å². The molecule has 2 saturated heterocycles. The zero-order valence-electron chi connectivity index (χ0n) is 17.2. The summed E-state index contributed by atoms with van der Waals surface area (Å²) in [6, 6.07) is 3.87. The number of aromatic nitrogens is 4. The smallest absolute Gasteiger partial charge is 0.244 e. The molecule has 4 heterocycles. The van der Waals surface area contributed by atoms with Crippen LogP contribution in [0.3, 0.4) is 0 Å². The van der Waals surface area contributed by atoms with Crippen molar-refractivity contribution in [3.63, 3.8) is 0 Å². The first-order chi connectivity index (χ1) is 14.0. The van der Waals surface area contributed by atoms with Gasteiger partial charge in [0, 0.05) is 44.3 Å². The average molecular weight is 419 g/mol. The topological polar surface area (TPSA) is 84.2 Å². The summed E-state index contributed by atoms with van der Waals surface area (Å²) in [7, 11) is -3.44. The minimum absolute atomic E-state index is 0.288. The second-order valence-corrected chi connectivity index (χ2v) is 10.2. The lowest BCUT2D eigenvalue weighted by molar-refractivity contribution is 0.346. The molecule has 2 aromatic heterocycles. The summed E-state index contributed by atoms with van der Waals surface area (Å²) in [4.78, 5) is 7.03. The molecule has 29 heavy (non-hydrogen) atoms. The first-order valence-corrected chi connectivity index (χ1v) is 12.0. The second-order valence-electron chi connectivity index (χ2n) is 8.29. The lowest BCUT2D eigenvalue weighted by Gasteiger charge is -2.33.